The summed E-state index contributed by atoms with van der Waals surface area (Å²) in [5, 5.41) is 10.8. The maximum absolute atomic E-state index is 13.8. The lowest BCUT2D eigenvalue weighted by atomic mass is 10.2. The van der Waals surface area contributed by atoms with Crippen molar-refractivity contribution in [2.75, 3.05) is 26.2 Å². The molecule has 0 unspecified atom stereocenters. The molecular weight excluding hydrogens is 329 g/mol. The minimum absolute atomic E-state index is 0.00753. The summed E-state index contributed by atoms with van der Waals surface area (Å²) in [4.78, 5) is 10.3. The van der Waals surface area contributed by atoms with Crippen LogP contribution in [0.5, 0.6) is 5.75 Å². The quantitative estimate of drug-likeness (QED) is 0.451. The van der Waals surface area contributed by atoms with Gasteiger partial charge in [-0.2, -0.15) is 0 Å². The Kier molecular flexibility index (Phi) is 5.54. The zero-order chi connectivity index (χ0) is 17.0. The molecule has 1 aromatic carbocycles. The average molecular weight is 353 g/mol. The molecule has 0 aliphatic carbocycles. The van der Waals surface area contributed by atoms with Crippen molar-refractivity contribution >= 4 is 13.4 Å². The summed E-state index contributed by atoms with van der Waals surface area (Å²) >= 11 is 0. The third-order valence-electron chi connectivity index (χ3n) is 4.65. The van der Waals surface area contributed by atoms with Gasteiger partial charge < -0.3 is 4.52 Å². The van der Waals surface area contributed by atoms with Crippen LogP contribution in [0.1, 0.15) is 38.5 Å². The van der Waals surface area contributed by atoms with Crippen LogP contribution in [0, 0.1) is 10.1 Å². The Bertz CT molecular complexity index is 588. The fourth-order valence-corrected chi connectivity index (χ4v) is 5.88. The van der Waals surface area contributed by atoms with Crippen LogP contribution in [0.4, 0.5) is 5.69 Å². The predicted molar refractivity (Wildman–Crippen MR) is 92.2 cm³/mol. The van der Waals surface area contributed by atoms with Crippen LogP contribution in [-0.2, 0) is 4.57 Å². The smallest absolute Gasteiger partial charge is 0.395 e. The van der Waals surface area contributed by atoms with Gasteiger partial charge in [-0.25, -0.2) is 13.9 Å². The Labute approximate surface area is 142 Å². The second-order valence-electron chi connectivity index (χ2n) is 6.36. The molecule has 2 heterocycles. The van der Waals surface area contributed by atoms with E-state index in [0.717, 1.165) is 64.7 Å². The Morgan fingerprint density at radius 2 is 1.33 bits per heavy atom. The Balaban J connectivity index is 1.83. The number of nitrogens with zero attached hydrogens (tertiary/aromatic N) is 3. The lowest BCUT2D eigenvalue weighted by Crippen LogP contribution is -2.39. The molecular formula is C16H24N3O4P. The van der Waals surface area contributed by atoms with Crippen LogP contribution in [0.15, 0.2) is 24.3 Å². The van der Waals surface area contributed by atoms with Crippen molar-refractivity contribution in [1.82, 2.24) is 9.34 Å². The molecule has 2 fully saturated rings. The lowest BCUT2D eigenvalue weighted by Gasteiger charge is -2.41. The molecule has 2 saturated heterocycles. The zero-order valence-corrected chi connectivity index (χ0v) is 14.7. The van der Waals surface area contributed by atoms with Gasteiger partial charge in [0.15, 0.2) is 0 Å². The Hall–Kier alpha value is -1.43. The highest BCUT2D eigenvalue weighted by Crippen LogP contribution is 2.55. The van der Waals surface area contributed by atoms with Crippen LogP contribution in [0.3, 0.4) is 0 Å². The van der Waals surface area contributed by atoms with Gasteiger partial charge in [0.05, 0.1) is 4.92 Å². The standard InChI is InChI=1S/C16H24N3O4P/c20-19(21)15-7-9-16(10-8-15)23-24(22,17-11-3-1-4-12-17)18-13-5-2-6-14-18/h7-10H,1-6,11-14H2. The summed E-state index contributed by atoms with van der Waals surface area (Å²) < 4.78 is 23.8. The van der Waals surface area contributed by atoms with E-state index < -0.39 is 12.6 Å². The van der Waals surface area contributed by atoms with E-state index in [-0.39, 0.29) is 5.69 Å². The number of hydrogen-bond donors (Lipinski definition) is 0. The highest BCUT2D eigenvalue weighted by Gasteiger charge is 2.41. The lowest BCUT2D eigenvalue weighted by molar-refractivity contribution is -0.384. The second-order valence-corrected chi connectivity index (χ2v) is 8.66. The fourth-order valence-electron chi connectivity index (χ4n) is 3.32. The van der Waals surface area contributed by atoms with Crippen LogP contribution in [-0.4, -0.2) is 40.4 Å². The van der Waals surface area contributed by atoms with E-state index in [1.54, 1.807) is 12.1 Å². The van der Waals surface area contributed by atoms with Crippen LogP contribution < -0.4 is 4.52 Å². The van der Waals surface area contributed by atoms with E-state index in [1.165, 1.54) is 12.1 Å². The van der Waals surface area contributed by atoms with Gasteiger partial charge >= 0.3 is 7.67 Å². The van der Waals surface area contributed by atoms with E-state index >= 15 is 0 Å². The van der Waals surface area contributed by atoms with Gasteiger partial charge in [0, 0.05) is 38.3 Å². The molecule has 0 aromatic heterocycles. The molecule has 2 aliphatic rings. The van der Waals surface area contributed by atoms with Crippen molar-refractivity contribution in [2.24, 2.45) is 0 Å². The molecule has 1 aromatic rings. The van der Waals surface area contributed by atoms with Gasteiger partial charge in [0.25, 0.3) is 5.69 Å². The summed E-state index contributed by atoms with van der Waals surface area (Å²) in [5.41, 5.74) is 0.00753. The van der Waals surface area contributed by atoms with Crippen molar-refractivity contribution in [1.29, 1.82) is 0 Å². The molecule has 132 valence electrons. The van der Waals surface area contributed by atoms with Crippen LogP contribution in [0.2, 0.25) is 0 Å². The second kappa shape index (κ2) is 7.64. The number of rotatable bonds is 5. The first-order valence-electron chi connectivity index (χ1n) is 8.64. The van der Waals surface area contributed by atoms with Crippen molar-refractivity contribution in [3.05, 3.63) is 34.4 Å². The van der Waals surface area contributed by atoms with Gasteiger partial charge in [-0.1, -0.05) is 12.8 Å². The third-order valence-corrected chi connectivity index (χ3v) is 7.33. The molecule has 0 saturated carbocycles. The molecule has 0 N–H and O–H groups in total. The summed E-state index contributed by atoms with van der Waals surface area (Å²) in [6.07, 6.45) is 6.44. The minimum Gasteiger partial charge on any atom is -0.422 e. The SMILES string of the molecule is O=[N+]([O-])c1ccc(OP(=O)(N2CCCCC2)N2CCCCC2)cc1. The van der Waals surface area contributed by atoms with E-state index in [1.807, 2.05) is 9.34 Å². The Morgan fingerprint density at radius 1 is 0.875 bits per heavy atom. The molecule has 0 bridgehead atoms. The number of nitro benzene ring substituents is 1. The van der Waals surface area contributed by atoms with Crippen molar-refractivity contribution in [2.45, 2.75) is 38.5 Å². The predicted octanol–water partition coefficient (Wildman–Crippen LogP) is 4.05. The van der Waals surface area contributed by atoms with Gasteiger partial charge in [-0.15, -0.1) is 0 Å². The van der Waals surface area contributed by atoms with E-state index in [9.17, 15) is 14.7 Å². The molecule has 24 heavy (non-hydrogen) atoms. The van der Waals surface area contributed by atoms with Crippen LogP contribution >= 0.6 is 7.67 Å². The van der Waals surface area contributed by atoms with Gasteiger partial charge in [0.1, 0.15) is 5.75 Å². The highest BCUT2D eigenvalue weighted by molar-refractivity contribution is 7.54. The molecule has 2 aliphatic heterocycles. The minimum atomic E-state index is -3.13. The topological polar surface area (TPSA) is 75.9 Å². The van der Waals surface area contributed by atoms with E-state index in [4.69, 9.17) is 4.52 Å². The molecule has 0 amide bonds. The molecule has 8 heteroatoms. The van der Waals surface area contributed by atoms with Gasteiger partial charge in [-0.05, 0) is 37.8 Å². The average Bonchev–Trinajstić information content (AvgIpc) is 2.63. The summed E-state index contributed by atoms with van der Waals surface area (Å²) in [5.74, 6) is 0.431. The molecule has 0 atom stereocenters. The molecule has 0 spiro atoms. The number of piperidine rings is 2. The molecule has 7 nitrogen and oxygen atoms in total. The first kappa shape index (κ1) is 17.4. The monoisotopic (exact) mass is 353 g/mol. The summed E-state index contributed by atoms with van der Waals surface area (Å²) in [6, 6.07) is 5.87. The fraction of sp³-hybridized carbons (Fsp3) is 0.625. The largest absolute Gasteiger partial charge is 0.422 e. The van der Waals surface area contributed by atoms with Gasteiger partial charge in [-0.3, -0.25) is 10.1 Å². The van der Waals surface area contributed by atoms with E-state index in [2.05, 4.69) is 0 Å². The van der Waals surface area contributed by atoms with Gasteiger partial charge in [0.2, 0.25) is 0 Å². The van der Waals surface area contributed by atoms with Crippen molar-refractivity contribution in [3.63, 3.8) is 0 Å². The normalized spacial score (nSPS) is 20.7. The third kappa shape index (κ3) is 3.79. The van der Waals surface area contributed by atoms with Crippen molar-refractivity contribution in [3.8, 4) is 5.75 Å². The highest BCUT2D eigenvalue weighted by atomic mass is 31.2. The maximum Gasteiger partial charge on any atom is 0.395 e. The van der Waals surface area contributed by atoms with Crippen molar-refractivity contribution < 1.29 is 14.0 Å². The number of nitro groups is 1. The molecule has 3 rings (SSSR count). The number of non-ortho nitro benzene ring substituents is 1. The number of benzene rings is 1. The number of hydrogen-bond acceptors (Lipinski definition) is 4. The summed E-state index contributed by atoms with van der Waals surface area (Å²) in [6.45, 7) is 3.11. The molecule has 0 radical (unpaired) electrons. The summed E-state index contributed by atoms with van der Waals surface area (Å²) in [7, 11) is -3.13. The first-order valence-corrected chi connectivity index (χ1v) is 10.2. The first-order chi connectivity index (χ1) is 11.6. The maximum atomic E-state index is 13.8. The van der Waals surface area contributed by atoms with Crippen LogP contribution in [0.25, 0.3) is 0 Å². The Morgan fingerprint density at radius 3 is 1.75 bits per heavy atom. The zero-order valence-electron chi connectivity index (χ0n) is 13.8. The van der Waals surface area contributed by atoms with E-state index in [0.29, 0.717) is 5.75 Å².